The molecule has 1 aromatic rings. The summed E-state index contributed by atoms with van der Waals surface area (Å²) in [5.74, 6) is 2.13. The summed E-state index contributed by atoms with van der Waals surface area (Å²) in [5, 5.41) is 3.41. The third-order valence-corrected chi connectivity index (χ3v) is 5.29. The molecule has 0 bridgehead atoms. The van der Waals surface area contributed by atoms with Crippen LogP contribution in [0.4, 0.5) is 0 Å². The molecule has 3 fully saturated rings. The summed E-state index contributed by atoms with van der Waals surface area (Å²) >= 11 is 0. The maximum atomic E-state index is 12.8. The number of aromatic nitrogens is 1. The molecule has 0 unspecified atom stereocenters. The monoisotopic (exact) mass is 271 g/mol. The summed E-state index contributed by atoms with van der Waals surface area (Å²) in [7, 11) is 0. The zero-order valence-electron chi connectivity index (χ0n) is 11.7. The van der Waals surface area contributed by atoms with Crippen molar-refractivity contribution in [2.45, 2.75) is 25.3 Å². The average molecular weight is 271 g/mol. The van der Waals surface area contributed by atoms with E-state index in [9.17, 15) is 4.79 Å². The van der Waals surface area contributed by atoms with Gasteiger partial charge in [0.25, 0.3) is 0 Å². The molecule has 2 saturated carbocycles. The van der Waals surface area contributed by atoms with Crippen molar-refractivity contribution in [3.63, 3.8) is 0 Å². The summed E-state index contributed by atoms with van der Waals surface area (Å²) in [6.07, 6.45) is 7.55. The van der Waals surface area contributed by atoms with E-state index in [1.807, 2.05) is 12.3 Å². The second-order valence-corrected chi connectivity index (χ2v) is 6.32. The topological polar surface area (TPSA) is 45.2 Å². The first-order chi connectivity index (χ1) is 9.86. The maximum absolute atomic E-state index is 12.8. The van der Waals surface area contributed by atoms with Crippen LogP contribution in [0.25, 0.3) is 0 Å². The lowest BCUT2D eigenvalue weighted by atomic mass is 10.0. The summed E-state index contributed by atoms with van der Waals surface area (Å²) in [6, 6.07) is 4.20. The van der Waals surface area contributed by atoms with Crippen LogP contribution in [-0.2, 0) is 4.79 Å². The number of carbonyl (C=O) groups is 1. The molecule has 1 saturated heterocycles. The van der Waals surface area contributed by atoms with E-state index in [-0.39, 0.29) is 6.04 Å². The van der Waals surface area contributed by atoms with Gasteiger partial charge in [0.05, 0.1) is 6.04 Å². The van der Waals surface area contributed by atoms with Crippen molar-refractivity contribution in [1.82, 2.24) is 15.2 Å². The van der Waals surface area contributed by atoms with Gasteiger partial charge in [-0.25, -0.2) is 0 Å². The maximum Gasteiger partial charge on any atom is 0.226 e. The van der Waals surface area contributed by atoms with Crippen molar-refractivity contribution in [2.24, 2.45) is 17.8 Å². The minimum atomic E-state index is 0.159. The van der Waals surface area contributed by atoms with Crippen LogP contribution in [0.5, 0.6) is 0 Å². The fourth-order valence-electron chi connectivity index (χ4n) is 4.22. The van der Waals surface area contributed by atoms with Crippen LogP contribution in [0.2, 0.25) is 0 Å². The molecule has 106 valence electrons. The van der Waals surface area contributed by atoms with Crippen LogP contribution >= 0.6 is 0 Å². The van der Waals surface area contributed by atoms with E-state index >= 15 is 0 Å². The first-order valence-corrected chi connectivity index (χ1v) is 7.77. The SMILES string of the molecule is O=C(C1[C@@H]2CCC[C@@H]12)N1CCNC[C@@H]1c1cccnc1. The van der Waals surface area contributed by atoms with Crippen LogP contribution in [0.15, 0.2) is 24.5 Å². The van der Waals surface area contributed by atoms with Crippen LogP contribution in [0, 0.1) is 17.8 Å². The van der Waals surface area contributed by atoms with Crippen LogP contribution in [-0.4, -0.2) is 35.4 Å². The number of carbonyl (C=O) groups excluding carboxylic acids is 1. The van der Waals surface area contributed by atoms with Gasteiger partial charge in [0, 0.05) is 37.9 Å². The Morgan fingerprint density at radius 1 is 1.35 bits per heavy atom. The molecule has 1 N–H and O–H groups in total. The molecule has 4 nitrogen and oxygen atoms in total. The highest BCUT2D eigenvalue weighted by molar-refractivity contribution is 5.83. The fourth-order valence-corrected chi connectivity index (χ4v) is 4.22. The molecule has 4 heteroatoms. The van der Waals surface area contributed by atoms with Gasteiger partial charge < -0.3 is 10.2 Å². The van der Waals surface area contributed by atoms with Crippen molar-refractivity contribution >= 4 is 5.91 Å². The van der Waals surface area contributed by atoms with E-state index in [0.29, 0.717) is 23.7 Å². The fraction of sp³-hybridized carbons (Fsp3) is 0.625. The molecule has 3 aliphatic rings. The lowest BCUT2D eigenvalue weighted by molar-refractivity contribution is -0.136. The lowest BCUT2D eigenvalue weighted by Gasteiger charge is -2.37. The predicted octanol–water partition coefficient (Wildman–Crippen LogP) is 1.60. The number of rotatable bonds is 2. The quantitative estimate of drug-likeness (QED) is 0.888. The standard InChI is InChI=1S/C16H21N3O/c20-16(15-12-4-1-5-13(12)15)19-8-7-18-10-14(19)11-3-2-6-17-9-11/h2-3,6,9,12-15,18H,1,4-5,7-8,10H2/t12-,13-,14-/m1/s1. The van der Waals surface area contributed by atoms with Crippen molar-refractivity contribution < 1.29 is 4.79 Å². The number of pyridine rings is 1. The number of hydrogen-bond donors (Lipinski definition) is 1. The van der Waals surface area contributed by atoms with Gasteiger partial charge in [-0.2, -0.15) is 0 Å². The highest BCUT2D eigenvalue weighted by Crippen LogP contribution is 2.58. The molecule has 20 heavy (non-hydrogen) atoms. The van der Waals surface area contributed by atoms with Crippen LogP contribution in [0.1, 0.15) is 30.9 Å². The smallest absolute Gasteiger partial charge is 0.226 e. The number of amides is 1. The number of nitrogens with zero attached hydrogens (tertiary/aromatic N) is 2. The normalized spacial score (nSPS) is 35.7. The molecular weight excluding hydrogens is 250 g/mol. The Kier molecular flexibility index (Phi) is 2.99. The first kappa shape index (κ1) is 12.3. The van der Waals surface area contributed by atoms with Crippen molar-refractivity contribution in [1.29, 1.82) is 0 Å². The Hall–Kier alpha value is -1.42. The van der Waals surface area contributed by atoms with Gasteiger partial charge >= 0.3 is 0 Å². The number of fused-ring (bicyclic) bond motifs is 1. The summed E-state index contributed by atoms with van der Waals surface area (Å²) in [4.78, 5) is 19.1. The van der Waals surface area contributed by atoms with E-state index in [1.165, 1.54) is 19.3 Å². The minimum absolute atomic E-state index is 0.159. The predicted molar refractivity (Wildman–Crippen MR) is 75.9 cm³/mol. The van der Waals surface area contributed by atoms with Crippen LogP contribution < -0.4 is 5.32 Å². The largest absolute Gasteiger partial charge is 0.333 e. The summed E-state index contributed by atoms with van der Waals surface area (Å²) < 4.78 is 0. The molecule has 1 amide bonds. The zero-order chi connectivity index (χ0) is 13.5. The average Bonchev–Trinajstić information content (AvgIpc) is 2.99. The van der Waals surface area contributed by atoms with Gasteiger partial charge in [-0.1, -0.05) is 12.5 Å². The van der Waals surface area contributed by atoms with E-state index < -0.39 is 0 Å². The van der Waals surface area contributed by atoms with Gasteiger partial charge in [-0.05, 0) is 36.3 Å². The number of hydrogen-bond acceptors (Lipinski definition) is 3. The third kappa shape index (κ3) is 1.94. The molecule has 4 rings (SSSR count). The van der Waals surface area contributed by atoms with Crippen molar-refractivity contribution in [3.8, 4) is 0 Å². The third-order valence-electron chi connectivity index (χ3n) is 5.29. The molecule has 0 aromatic carbocycles. The zero-order valence-corrected chi connectivity index (χ0v) is 11.7. The Morgan fingerprint density at radius 3 is 2.95 bits per heavy atom. The lowest BCUT2D eigenvalue weighted by Crippen LogP contribution is -2.49. The van der Waals surface area contributed by atoms with Gasteiger partial charge in [0.15, 0.2) is 0 Å². The van der Waals surface area contributed by atoms with Gasteiger partial charge in [-0.3, -0.25) is 9.78 Å². The molecule has 1 aromatic heterocycles. The molecule has 0 spiro atoms. The van der Waals surface area contributed by atoms with Crippen molar-refractivity contribution in [3.05, 3.63) is 30.1 Å². The number of piperazine rings is 1. The minimum Gasteiger partial charge on any atom is -0.333 e. The Morgan fingerprint density at radius 2 is 2.20 bits per heavy atom. The second-order valence-electron chi connectivity index (χ2n) is 6.32. The van der Waals surface area contributed by atoms with Crippen molar-refractivity contribution in [2.75, 3.05) is 19.6 Å². The second kappa shape index (κ2) is 4.85. The molecular formula is C16H21N3O. The Labute approximate surface area is 119 Å². The molecule has 0 radical (unpaired) electrons. The summed E-state index contributed by atoms with van der Waals surface area (Å²) in [6.45, 7) is 2.58. The highest BCUT2D eigenvalue weighted by atomic mass is 16.2. The summed E-state index contributed by atoms with van der Waals surface area (Å²) in [5.41, 5.74) is 1.15. The van der Waals surface area contributed by atoms with Gasteiger partial charge in [-0.15, -0.1) is 0 Å². The molecule has 3 atom stereocenters. The molecule has 1 aliphatic heterocycles. The first-order valence-electron chi connectivity index (χ1n) is 7.77. The number of nitrogens with one attached hydrogen (secondary N) is 1. The van der Waals surface area contributed by atoms with E-state index in [1.54, 1.807) is 6.20 Å². The molecule has 2 heterocycles. The Balaban J connectivity index is 1.54. The Bertz CT molecular complexity index is 494. The van der Waals surface area contributed by atoms with Gasteiger partial charge in [0.1, 0.15) is 0 Å². The highest BCUT2D eigenvalue weighted by Gasteiger charge is 2.58. The van der Waals surface area contributed by atoms with E-state index in [2.05, 4.69) is 21.3 Å². The molecule has 2 aliphatic carbocycles. The van der Waals surface area contributed by atoms with E-state index in [4.69, 9.17) is 0 Å². The van der Waals surface area contributed by atoms with Gasteiger partial charge in [0.2, 0.25) is 5.91 Å². The van der Waals surface area contributed by atoms with E-state index in [0.717, 1.165) is 25.2 Å². The van der Waals surface area contributed by atoms with Crippen LogP contribution in [0.3, 0.4) is 0 Å².